The largest absolute Gasteiger partial charge is 0.253 e. The molecule has 0 amide bonds. The highest BCUT2D eigenvalue weighted by atomic mass is 14.8. The Morgan fingerprint density at radius 3 is 2.56 bits per heavy atom. The van der Waals surface area contributed by atoms with E-state index in [1.165, 1.54) is 0 Å². The lowest BCUT2D eigenvalue weighted by Gasteiger charge is -2.03. The first-order valence-electron chi connectivity index (χ1n) is 5.81. The summed E-state index contributed by atoms with van der Waals surface area (Å²) < 4.78 is 0. The molecule has 0 saturated heterocycles. The molecule has 4 rings (SSSR count). The van der Waals surface area contributed by atoms with Gasteiger partial charge in [-0.05, 0) is 24.3 Å². The van der Waals surface area contributed by atoms with Crippen LogP contribution in [0, 0.1) is 0 Å². The number of hydrogen-bond acceptors (Lipinski definition) is 3. The summed E-state index contributed by atoms with van der Waals surface area (Å²) in [6.45, 7) is 0. The fourth-order valence-electron chi connectivity index (χ4n) is 2.28. The van der Waals surface area contributed by atoms with Crippen LogP contribution in [-0.2, 0) is 0 Å². The van der Waals surface area contributed by atoms with Gasteiger partial charge in [0.25, 0.3) is 0 Å². The summed E-state index contributed by atoms with van der Waals surface area (Å²) in [5, 5.41) is 2.18. The number of para-hydroxylation sites is 1. The first-order chi connectivity index (χ1) is 8.92. The van der Waals surface area contributed by atoms with Crippen LogP contribution in [0.2, 0.25) is 0 Å². The number of benzene rings is 2. The van der Waals surface area contributed by atoms with E-state index in [0.717, 1.165) is 32.8 Å². The molecule has 0 spiro atoms. The van der Waals surface area contributed by atoms with Gasteiger partial charge in [-0.15, -0.1) is 0 Å². The van der Waals surface area contributed by atoms with Crippen molar-refractivity contribution in [3.05, 3.63) is 54.9 Å². The molecule has 84 valence electrons. The van der Waals surface area contributed by atoms with Crippen LogP contribution in [-0.4, -0.2) is 15.0 Å². The minimum absolute atomic E-state index is 0.905. The van der Waals surface area contributed by atoms with Gasteiger partial charge in [0.05, 0.1) is 22.1 Å². The molecule has 0 aliphatic heterocycles. The normalized spacial score (nSPS) is 11.3. The van der Waals surface area contributed by atoms with Crippen molar-refractivity contribution in [3.63, 3.8) is 0 Å². The van der Waals surface area contributed by atoms with Crippen molar-refractivity contribution >= 4 is 32.8 Å². The van der Waals surface area contributed by atoms with Crippen LogP contribution in [0.25, 0.3) is 32.8 Å². The zero-order valence-electron chi connectivity index (χ0n) is 9.54. The lowest BCUT2D eigenvalue weighted by molar-refractivity contribution is 1.30. The minimum Gasteiger partial charge on any atom is -0.253 e. The standard InChI is InChI=1S/C15H9N3/c1-2-4-12-10(3-1)9-11-13(18-12)5-6-14-15(11)17-8-7-16-14/h1-9H. The molecule has 18 heavy (non-hydrogen) atoms. The fourth-order valence-corrected chi connectivity index (χ4v) is 2.28. The molecule has 0 aliphatic carbocycles. The van der Waals surface area contributed by atoms with E-state index in [9.17, 15) is 0 Å². The third-order valence-corrected chi connectivity index (χ3v) is 3.13. The van der Waals surface area contributed by atoms with Crippen molar-refractivity contribution in [2.24, 2.45) is 0 Å². The lowest BCUT2D eigenvalue weighted by atomic mass is 10.1. The molecular weight excluding hydrogens is 222 g/mol. The molecular formula is C15H9N3. The maximum absolute atomic E-state index is 4.66. The topological polar surface area (TPSA) is 38.7 Å². The zero-order chi connectivity index (χ0) is 11.9. The third kappa shape index (κ3) is 1.27. The minimum atomic E-state index is 0.905. The average Bonchev–Trinajstić information content (AvgIpc) is 2.45. The number of aromatic nitrogens is 3. The number of nitrogens with zero attached hydrogens (tertiary/aromatic N) is 3. The van der Waals surface area contributed by atoms with E-state index in [-0.39, 0.29) is 0 Å². The summed E-state index contributed by atoms with van der Waals surface area (Å²) in [5.41, 5.74) is 3.78. The second kappa shape index (κ2) is 3.47. The maximum atomic E-state index is 4.66. The van der Waals surface area contributed by atoms with Crippen molar-refractivity contribution in [3.8, 4) is 0 Å². The van der Waals surface area contributed by atoms with Crippen LogP contribution in [0.4, 0.5) is 0 Å². The molecule has 0 radical (unpaired) electrons. The van der Waals surface area contributed by atoms with Crippen LogP contribution in [0.3, 0.4) is 0 Å². The summed E-state index contributed by atoms with van der Waals surface area (Å²) >= 11 is 0. The van der Waals surface area contributed by atoms with Gasteiger partial charge in [-0.3, -0.25) is 9.97 Å². The van der Waals surface area contributed by atoms with E-state index < -0.39 is 0 Å². The Balaban J connectivity index is 2.27. The summed E-state index contributed by atoms with van der Waals surface area (Å²) in [6, 6.07) is 14.2. The van der Waals surface area contributed by atoms with E-state index in [1.54, 1.807) is 12.4 Å². The summed E-state index contributed by atoms with van der Waals surface area (Å²) in [7, 11) is 0. The predicted octanol–water partition coefficient (Wildman–Crippen LogP) is 3.33. The van der Waals surface area contributed by atoms with Gasteiger partial charge < -0.3 is 0 Å². The monoisotopic (exact) mass is 231 g/mol. The highest BCUT2D eigenvalue weighted by molar-refractivity contribution is 6.06. The lowest BCUT2D eigenvalue weighted by Crippen LogP contribution is -1.87. The Bertz CT molecular complexity index is 878. The van der Waals surface area contributed by atoms with Gasteiger partial charge in [-0.1, -0.05) is 18.2 Å². The Morgan fingerprint density at radius 2 is 1.56 bits per heavy atom. The van der Waals surface area contributed by atoms with E-state index in [4.69, 9.17) is 0 Å². The Labute approximate surface area is 103 Å². The quantitative estimate of drug-likeness (QED) is 0.344. The van der Waals surface area contributed by atoms with Gasteiger partial charge in [-0.25, -0.2) is 4.98 Å². The number of fused-ring (bicyclic) bond motifs is 4. The second-order valence-corrected chi connectivity index (χ2v) is 4.24. The molecule has 4 aromatic rings. The van der Waals surface area contributed by atoms with Crippen LogP contribution in [0.5, 0.6) is 0 Å². The average molecular weight is 231 g/mol. The summed E-state index contributed by atoms with van der Waals surface area (Å²) in [5.74, 6) is 0. The number of rotatable bonds is 0. The first kappa shape index (κ1) is 9.48. The molecule has 0 aliphatic rings. The Kier molecular flexibility index (Phi) is 1.83. The highest BCUT2D eigenvalue weighted by Gasteiger charge is 2.04. The van der Waals surface area contributed by atoms with Crippen molar-refractivity contribution < 1.29 is 0 Å². The fraction of sp³-hybridized carbons (Fsp3) is 0. The van der Waals surface area contributed by atoms with Gasteiger partial charge in [0.15, 0.2) is 0 Å². The van der Waals surface area contributed by atoms with Gasteiger partial charge in [0, 0.05) is 23.2 Å². The maximum Gasteiger partial charge on any atom is 0.0980 e. The molecule has 0 unspecified atom stereocenters. The van der Waals surface area contributed by atoms with Crippen molar-refractivity contribution in [2.45, 2.75) is 0 Å². The van der Waals surface area contributed by atoms with E-state index in [0.29, 0.717) is 0 Å². The molecule has 0 saturated carbocycles. The molecule has 2 aromatic carbocycles. The second-order valence-electron chi connectivity index (χ2n) is 4.24. The molecule has 2 heterocycles. The zero-order valence-corrected chi connectivity index (χ0v) is 9.54. The molecule has 3 nitrogen and oxygen atoms in total. The third-order valence-electron chi connectivity index (χ3n) is 3.13. The summed E-state index contributed by atoms with van der Waals surface area (Å²) in [6.07, 6.45) is 3.43. The first-order valence-corrected chi connectivity index (χ1v) is 5.81. The SMILES string of the molecule is c1ccc2nc3ccc4nccnc4c3cc2c1. The van der Waals surface area contributed by atoms with Gasteiger partial charge >= 0.3 is 0 Å². The van der Waals surface area contributed by atoms with Gasteiger partial charge in [0.1, 0.15) is 0 Å². The van der Waals surface area contributed by atoms with Crippen molar-refractivity contribution in [2.75, 3.05) is 0 Å². The molecule has 0 bridgehead atoms. The van der Waals surface area contributed by atoms with Crippen LogP contribution < -0.4 is 0 Å². The molecule has 0 N–H and O–H groups in total. The van der Waals surface area contributed by atoms with Crippen LogP contribution >= 0.6 is 0 Å². The van der Waals surface area contributed by atoms with E-state index in [2.05, 4.69) is 27.1 Å². The predicted molar refractivity (Wildman–Crippen MR) is 72.3 cm³/mol. The van der Waals surface area contributed by atoms with E-state index in [1.807, 2.05) is 30.3 Å². The number of hydrogen-bond donors (Lipinski definition) is 0. The Morgan fingerprint density at radius 1 is 0.722 bits per heavy atom. The van der Waals surface area contributed by atoms with Crippen LogP contribution in [0.1, 0.15) is 0 Å². The van der Waals surface area contributed by atoms with Gasteiger partial charge in [0.2, 0.25) is 0 Å². The molecule has 0 atom stereocenters. The highest BCUT2D eigenvalue weighted by Crippen LogP contribution is 2.24. The molecule has 3 heteroatoms. The molecule has 2 aromatic heterocycles. The van der Waals surface area contributed by atoms with E-state index >= 15 is 0 Å². The van der Waals surface area contributed by atoms with Crippen LogP contribution in [0.15, 0.2) is 54.9 Å². The Hall–Kier alpha value is -2.55. The smallest absolute Gasteiger partial charge is 0.0980 e. The van der Waals surface area contributed by atoms with Crippen molar-refractivity contribution in [1.82, 2.24) is 15.0 Å². The summed E-state index contributed by atoms with van der Waals surface area (Å²) in [4.78, 5) is 13.4. The van der Waals surface area contributed by atoms with Crippen molar-refractivity contribution in [1.29, 1.82) is 0 Å². The molecule has 0 fully saturated rings. The van der Waals surface area contributed by atoms with Gasteiger partial charge in [-0.2, -0.15) is 0 Å². The number of pyridine rings is 1.